The first-order chi connectivity index (χ1) is 18.1. The Morgan fingerprint density at radius 1 is 1.21 bits per heavy atom. The minimum Gasteiger partial charge on any atom is -0.494 e. The molecule has 1 aliphatic carbocycles. The lowest BCUT2D eigenvalue weighted by molar-refractivity contribution is -0.138. The van der Waals surface area contributed by atoms with Crippen LogP contribution < -0.4 is 15.4 Å². The Bertz CT molecular complexity index is 1170. The Morgan fingerprint density at radius 2 is 1.79 bits per heavy atom. The molecule has 13 heteroatoms. The first-order valence-electron chi connectivity index (χ1n) is 12.6. The van der Waals surface area contributed by atoms with E-state index < -0.39 is 29.2 Å². The second-order valence-electron chi connectivity index (χ2n) is 10.9. The molecule has 1 amide bonds. The van der Waals surface area contributed by atoms with Gasteiger partial charge in [0.05, 0.1) is 12.8 Å². The average Bonchev–Trinajstić information content (AvgIpc) is 3.20. The summed E-state index contributed by atoms with van der Waals surface area (Å²) in [5.74, 6) is 1.64. The summed E-state index contributed by atoms with van der Waals surface area (Å²) in [4.78, 5) is 17.7. The highest BCUT2D eigenvalue weighted by atomic mass is 35.5. The lowest BCUT2D eigenvalue weighted by Gasteiger charge is -2.26. The number of imidazole rings is 1. The molecular formula is C26H36ClF3N4O4S. The summed E-state index contributed by atoms with van der Waals surface area (Å²) in [6.45, 7) is 9.70. The van der Waals surface area contributed by atoms with Gasteiger partial charge in [0.2, 0.25) is 0 Å². The van der Waals surface area contributed by atoms with Gasteiger partial charge >= 0.3 is 17.7 Å². The van der Waals surface area contributed by atoms with E-state index in [0.717, 1.165) is 38.5 Å². The minimum atomic E-state index is -4.39. The van der Waals surface area contributed by atoms with Crippen LogP contribution >= 0.6 is 11.6 Å². The molecule has 0 bridgehead atoms. The maximum atomic E-state index is 13.1. The second kappa shape index (κ2) is 13.6. The molecule has 3 rings (SSSR count). The predicted octanol–water partition coefficient (Wildman–Crippen LogP) is 6.08. The summed E-state index contributed by atoms with van der Waals surface area (Å²) in [6.07, 6.45) is 0.104. The standard InChI is InChI=1S/C26H36ClF3N4O2.O2S/c1-15-7-9-17(10-8-15)14-31-23(35)21-22(27)34(24(33-21)25(3,4)5)19-12-11-18(13-20(19)36-6)32-16(2)26(28,29)30;1-3-2/h11-13,15-17,32H,7-10,14H2,1-6H3,(H,31,35);/t15?,16-,17?;/m1./s1. The highest BCUT2D eigenvalue weighted by Gasteiger charge is 2.36. The summed E-state index contributed by atoms with van der Waals surface area (Å²) in [6, 6.07) is 2.87. The van der Waals surface area contributed by atoms with Gasteiger partial charge in [0.15, 0.2) is 5.69 Å². The van der Waals surface area contributed by atoms with Crippen LogP contribution in [0.3, 0.4) is 0 Å². The van der Waals surface area contributed by atoms with E-state index in [-0.39, 0.29) is 22.4 Å². The van der Waals surface area contributed by atoms with Crippen molar-refractivity contribution in [1.82, 2.24) is 14.9 Å². The zero-order valence-corrected chi connectivity index (χ0v) is 24.5. The van der Waals surface area contributed by atoms with E-state index in [1.165, 1.54) is 19.2 Å². The second-order valence-corrected chi connectivity index (χ2v) is 11.4. The SMILES string of the molecule is COc1cc(N[C@H](C)C(F)(F)F)ccc1-n1c(C(C)(C)C)nc(C(=O)NCC2CCC(C)CC2)c1Cl.O=S=O. The highest BCUT2D eigenvalue weighted by molar-refractivity contribution is 7.51. The summed E-state index contributed by atoms with van der Waals surface area (Å²) in [5, 5.41) is 5.56. The van der Waals surface area contributed by atoms with Crippen LogP contribution in [0.4, 0.5) is 18.9 Å². The van der Waals surface area contributed by atoms with Crippen LogP contribution in [0.15, 0.2) is 18.2 Å². The molecule has 0 unspecified atom stereocenters. The van der Waals surface area contributed by atoms with Gasteiger partial charge < -0.3 is 15.4 Å². The quantitative estimate of drug-likeness (QED) is 0.404. The minimum absolute atomic E-state index is 0.112. The maximum Gasteiger partial charge on any atom is 0.408 e. The number of carbonyl (C=O) groups excluding carboxylic acids is 1. The summed E-state index contributed by atoms with van der Waals surface area (Å²) < 4.78 is 62.8. The van der Waals surface area contributed by atoms with Gasteiger partial charge in [-0.3, -0.25) is 9.36 Å². The van der Waals surface area contributed by atoms with Crippen molar-refractivity contribution in [1.29, 1.82) is 0 Å². The van der Waals surface area contributed by atoms with Gasteiger partial charge in [-0.15, -0.1) is 0 Å². The molecule has 1 atom stereocenters. The molecule has 1 fully saturated rings. The first kappa shape index (κ1) is 32.6. The maximum absolute atomic E-state index is 13.1. The fourth-order valence-electron chi connectivity index (χ4n) is 4.41. The molecular weight excluding hydrogens is 557 g/mol. The molecule has 0 saturated heterocycles. The van der Waals surface area contributed by atoms with Crippen LogP contribution in [-0.4, -0.2) is 49.7 Å². The molecule has 1 aliphatic rings. The van der Waals surface area contributed by atoms with E-state index in [4.69, 9.17) is 24.8 Å². The molecule has 39 heavy (non-hydrogen) atoms. The summed E-state index contributed by atoms with van der Waals surface area (Å²) >= 11 is 5.99. The molecule has 1 aromatic heterocycles. The Hall–Kier alpha value is -2.60. The lowest BCUT2D eigenvalue weighted by atomic mass is 9.83. The van der Waals surface area contributed by atoms with Crippen LogP contribution in [-0.2, 0) is 17.0 Å². The van der Waals surface area contributed by atoms with Crippen molar-refractivity contribution in [2.75, 3.05) is 19.0 Å². The number of benzene rings is 1. The van der Waals surface area contributed by atoms with E-state index in [9.17, 15) is 18.0 Å². The van der Waals surface area contributed by atoms with Crippen molar-refractivity contribution in [3.63, 3.8) is 0 Å². The smallest absolute Gasteiger partial charge is 0.408 e. The molecule has 1 saturated carbocycles. The zero-order valence-electron chi connectivity index (χ0n) is 22.9. The fraction of sp³-hybridized carbons (Fsp3) is 0.615. The third-order valence-electron chi connectivity index (χ3n) is 6.69. The average molecular weight is 593 g/mol. The number of carbonyl (C=O) groups is 1. The van der Waals surface area contributed by atoms with E-state index in [1.54, 1.807) is 10.6 Å². The van der Waals surface area contributed by atoms with Crippen molar-refractivity contribution < 1.29 is 31.1 Å². The number of nitrogens with one attached hydrogen (secondary N) is 2. The van der Waals surface area contributed by atoms with Gasteiger partial charge in [0.25, 0.3) is 5.91 Å². The van der Waals surface area contributed by atoms with Gasteiger partial charge in [-0.05, 0) is 43.7 Å². The van der Waals surface area contributed by atoms with E-state index in [0.29, 0.717) is 29.7 Å². The van der Waals surface area contributed by atoms with Crippen LogP contribution in [0.2, 0.25) is 5.15 Å². The third-order valence-corrected chi connectivity index (χ3v) is 7.04. The van der Waals surface area contributed by atoms with Crippen molar-refractivity contribution >= 4 is 34.8 Å². The Morgan fingerprint density at radius 3 is 2.31 bits per heavy atom. The first-order valence-corrected chi connectivity index (χ1v) is 13.7. The number of halogens is 4. The van der Waals surface area contributed by atoms with Gasteiger partial charge in [-0.1, -0.05) is 52.1 Å². The number of aromatic nitrogens is 2. The van der Waals surface area contributed by atoms with E-state index in [2.05, 4.69) is 22.5 Å². The number of methoxy groups -OCH3 is 1. The molecule has 0 spiro atoms. The number of hydrogen-bond donors (Lipinski definition) is 2. The lowest BCUT2D eigenvalue weighted by Crippen LogP contribution is -2.33. The number of nitrogens with zero attached hydrogens (tertiary/aromatic N) is 2. The van der Waals surface area contributed by atoms with Crippen molar-refractivity contribution in [3.8, 4) is 11.4 Å². The largest absolute Gasteiger partial charge is 0.494 e. The summed E-state index contributed by atoms with van der Waals surface area (Å²) in [7, 11) is 1.43. The number of anilines is 1. The summed E-state index contributed by atoms with van der Waals surface area (Å²) in [5.41, 5.74) is 0.342. The van der Waals surface area contributed by atoms with Crippen LogP contribution in [0.5, 0.6) is 5.75 Å². The van der Waals surface area contributed by atoms with Crippen molar-refractivity contribution in [2.45, 2.75) is 77.9 Å². The molecule has 0 radical (unpaired) electrons. The zero-order chi connectivity index (χ0) is 29.5. The van der Waals surface area contributed by atoms with Crippen LogP contribution in [0.1, 0.15) is 76.6 Å². The predicted molar refractivity (Wildman–Crippen MR) is 145 cm³/mol. The Kier molecular flexibility index (Phi) is 11.4. The molecule has 2 N–H and O–H groups in total. The fourth-order valence-corrected chi connectivity index (χ4v) is 4.71. The van der Waals surface area contributed by atoms with Gasteiger partial charge in [-0.25, -0.2) is 4.98 Å². The number of ether oxygens (including phenoxy) is 1. The van der Waals surface area contributed by atoms with Gasteiger partial charge in [0, 0.05) is 23.7 Å². The van der Waals surface area contributed by atoms with Crippen molar-refractivity contribution in [2.24, 2.45) is 11.8 Å². The topological polar surface area (TPSA) is 102 Å². The Balaban J connectivity index is 0.00000170. The molecule has 218 valence electrons. The number of alkyl halides is 3. The number of hydrogen-bond acceptors (Lipinski definition) is 6. The van der Waals surface area contributed by atoms with Crippen LogP contribution in [0, 0.1) is 11.8 Å². The third kappa shape index (κ3) is 8.69. The monoisotopic (exact) mass is 592 g/mol. The van der Waals surface area contributed by atoms with Crippen LogP contribution in [0.25, 0.3) is 5.69 Å². The molecule has 1 heterocycles. The van der Waals surface area contributed by atoms with E-state index in [1.807, 2.05) is 20.8 Å². The molecule has 2 aromatic rings. The number of amides is 1. The normalized spacial score (nSPS) is 18.4. The Labute approximate surface area is 235 Å². The highest BCUT2D eigenvalue weighted by Crippen LogP contribution is 2.36. The molecule has 1 aromatic carbocycles. The van der Waals surface area contributed by atoms with Gasteiger partial charge in [-0.2, -0.15) is 21.6 Å². The molecule has 0 aliphatic heterocycles. The molecule has 8 nitrogen and oxygen atoms in total. The van der Waals surface area contributed by atoms with Gasteiger partial charge in [0.1, 0.15) is 22.8 Å². The van der Waals surface area contributed by atoms with Crippen molar-refractivity contribution in [3.05, 3.63) is 34.9 Å². The van der Waals surface area contributed by atoms with E-state index >= 15 is 0 Å². The number of rotatable bonds is 7.